The van der Waals surface area contributed by atoms with Gasteiger partial charge in [0.25, 0.3) is 0 Å². The highest BCUT2D eigenvalue weighted by molar-refractivity contribution is 7.89. The minimum absolute atomic E-state index is 0.0697. The highest BCUT2D eigenvalue weighted by Gasteiger charge is 2.34. The van der Waals surface area contributed by atoms with Crippen LogP contribution in [0.1, 0.15) is 48.3 Å². The van der Waals surface area contributed by atoms with Crippen LogP contribution in [-0.4, -0.2) is 54.0 Å². The maximum absolute atomic E-state index is 14.0. The minimum Gasteiger partial charge on any atom is -0.296 e. The summed E-state index contributed by atoms with van der Waals surface area (Å²) in [4.78, 5) is 23.7. The number of nitrogens with zero attached hydrogens (tertiary/aromatic N) is 4. The summed E-state index contributed by atoms with van der Waals surface area (Å²) in [5.74, 6) is 0.774. The van der Waals surface area contributed by atoms with E-state index in [1.165, 1.54) is 10.4 Å². The second-order valence-corrected chi connectivity index (χ2v) is 10.4. The summed E-state index contributed by atoms with van der Waals surface area (Å²) in [6.07, 6.45) is 2.18. The van der Waals surface area contributed by atoms with Gasteiger partial charge >= 0.3 is 0 Å². The van der Waals surface area contributed by atoms with Crippen molar-refractivity contribution in [1.82, 2.24) is 14.3 Å². The molecule has 1 amide bonds. The molecule has 0 spiro atoms. The molecule has 4 rings (SSSR count). The van der Waals surface area contributed by atoms with Crippen LogP contribution < -0.4 is 4.90 Å². The lowest BCUT2D eigenvalue weighted by atomic mass is 9.98. The maximum Gasteiger partial charge on any atom is 0.232 e. The summed E-state index contributed by atoms with van der Waals surface area (Å²) >= 11 is 0. The molecule has 0 radical (unpaired) electrons. The molecule has 31 heavy (non-hydrogen) atoms. The third kappa shape index (κ3) is 4.34. The Kier molecular flexibility index (Phi) is 6.07. The number of fused-ring (bicyclic) bond motifs is 1. The summed E-state index contributed by atoms with van der Waals surface area (Å²) in [6, 6.07) is 6.56. The quantitative estimate of drug-likeness (QED) is 0.681. The fourth-order valence-electron chi connectivity index (χ4n) is 4.33. The van der Waals surface area contributed by atoms with Crippen molar-refractivity contribution in [2.75, 3.05) is 30.3 Å². The van der Waals surface area contributed by atoms with E-state index in [1.54, 1.807) is 30.0 Å². The number of hydrogen-bond donors (Lipinski definition) is 0. The van der Waals surface area contributed by atoms with Gasteiger partial charge in [-0.25, -0.2) is 27.1 Å². The summed E-state index contributed by atoms with van der Waals surface area (Å²) in [7, 11) is -3.27. The number of sulfonamides is 1. The van der Waals surface area contributed by atoms with Gasteiger partial charge in [0.15, 0.2) is 0 Å². The summed E-state index contributed by atoms with van der Waals surface area (Å²) < 4.78 is 40.2. The number of benzene rings is 1. The van der Waals surface area contributed by atoms with E-state index in [4.69, 9.17) is 4.98 Å². The number of carbonyl (C=O) groups is 1. The van der Waals surface area contributed by atoms with Crippen LogP contribution in [-0.2, 0) is 27.7 Å². The van der Waals surface area contributed by atoms with Crippen molar-refractivity contribution in [3.63, 3.8) is 0 Å². The molecule has 166 valence electrons. The van der Waals surface area contributed by atoms with E-state index in [-0.39, 0.29) is 29.8 Å². The number of rotatable bonds is 6. The molecule has 1 saturated heterocycles. The number of amides is 1. The third-order valence-electron chi connectivity index (χ3n) is 6.16. The Morgan fingerprint density at radius 3 is 2.74 bits per heavy atom. The molecular formula is C22H27FN4O3S. The van der Waals surface area contributed by atoms with E-state index in [2.05, 4.69) is 4.98 Å². The van der Waals surface area contributed by atoms with Crippen molar-refractivity contribution in [2.45, 2.75) is 45.4 Å². The van der Waals surface area contributed by atoms with E-state index >= 15 is 0 Å². The number of aromatic nitrogens is 2. The molecule has 7 nitrogen and oxygen atoms in total. The van der Waals surface area contributed by atoms with Gasteiger partial charge in [-0.2, -0.15) is 0 Å². The van der Waals surface area contributed by atoms with Gasteiger partial charge in [0.2, 0.25) is 15.9 Å². The summed E-state index contributed by atoms with van der Waals surface area (Å²) in [6.45, 7) is 4.72. The fourth-order valence-corrected chi connectivity index (χ4v) is 5.51. The van der Waals surface area contributed by atoms with Crippen LogP contribution in [0.4, 0.5) is 10.2 Å². The van der Waals surface area contributed by atoms with Crippen LogP contribution in [0.5, 0.6) is 0 Å². The molecule has 9 heteroatoms. The first kappa shape index (κ1) is 21.8. The van der Waals surface area contributed by atoms with Crippen LogP contribution >= 0.6 is 0 Å². The van der Waals surface area contributed by atoms with Crippen molar-refractivity contribution in [2.24, 2.45) is 0 Å². The average molecular weight is 447 g/mol. The van der Waals surface area contributed by atoms with Crippen molar-refractivity contribution >= 4 is 21.7 Å². The summed E-state index contributed by atoms with van der Waals surface area (Å²) in [5, 5.41) is 0. The topological polar surface area (TPSA) is 83.5 Å². The van der Waals surface area contributed by atoms with Gasteiger partial charge in [-0.3, -0.25) is 9.69 Å². The molecule has 1 fully saturated rings. The van der Waals surface area contributed by atoms with Gasteiger partial charge in [0.1, 0.15) is 17.5 Å². The Balaban J connectivity index is 1.59. The van der Waals surface area contributed by atoms with Gasteiger partial charge in [0.05, 0.1) is 12.2 Å². The highest BCUT2D eigenvalue weighted by Crippen LogP contribution is 2.33. The van der Waals surface area contributed by atoms with Crippen molar-refractivity contribution in [3.05, 3.63) is 52.7 Å². The zero-order chi connectivity index (χ0) is 22.2. The Bertz CT molecular complexity index is 1110. The molecule has 2 aliphatic rings. The van der Waals surface area contributed by atoms with Crippen LogP contribution in [0.2, 0.25) is 0 Å². The number of anilines is 1. The molecule has 0 bridgehead atoms. The Morgan fingerprint density at radius 1 is 1.23 bits per heavy atom. The average Bonchev–Trinajstić information content (AvgIpc) is 3.09. The van der Waals surface area contributed by atoms with E-state index in [1.807, 2.05) is 6.92 Å². The molecule has 1 aromatic heterocycles. The van der Waals surface area contributed by atoms with Crippen molar-refractivity contribution < 1.29 is 17.6 Å². The van der Waals surface area contributed by atoms with Crippen molar-refractivity contribution in [3.8, 4) is 0 Å². The zero-order valence-electron chi connectivity index (χ0n) is 17.8. The number of hydrogen-bond acceptors (Lipinski definition) is 5. The maximum atomic E-state index is 14.0. The normalized spacial score (nSPS) is 19.6. The molecule has 2 aliphatic heterocycles. The van der Waals surface area contributed by atoms with Gasteiger partial charge in [-0.15, -0.1) is 0 Å². The van der Waals surface area contributed by atoms with Crippen LogP contribution in [0, 0.1) is 12.7 Å². The van der Waals surface area contributed by atoms with E-state index in [9.17, 15) is 17.6 Å². The molecule has 3 heterocycles. The second kappa shape index (κ2) is 8.63. The minimum atomic E-state index is -3.27. The van der Waals surface area contributed by atoms with Crippen LogP contribution in [0.25, 0.3) is 0 Å². The van der Waals surface area contributed by atoms with Gasteiger partial charge in [0, 0.05) is 36.8 Å². The number of aryl methyl sites for hydroxylation is 1. The first-order chi connectivity index (χ1) is 14.8. The Hall–Kier alpha value is -2.39. The van der Waals surface area contributed by atoms with E-state index < -0.39 is 10.0 Å². The zero-order valence-corrected chi connectivity index (χ0v) is 18.7. The Labute approximate surface area is 182 Å². The van der Waals surface area contributed by atoms with E-state index in [0.717, 1.165) is 24.1 Å². The molecule has 0 N–H and O–H groups in total. The molecule has 1 atom stereocenters. The fraction of sp³-hybridized carbons (Fsp3) is 0.500. The van der Waals surface area contributed by atoms with Crippen LogP contribution in [0.3, 0.4) is 0 Å². The number of piperidine rings is 1. The van der Waals surface area contributed by atoms with Crippen molar-refractivity contribution in [1.29, 1.82) is 0 Å². The summed E-state index contributed by atoms with van der Waals surface area (Å²) in [5.41, 5.74) is 2.11. The van der Waals surface area contributed by atoms with Gasteiger partial charge in [-0.1, -0.05) is 18.2 Å². The predicted molar refractivity (Wildman–Crippen MR) is 116 cm³/mol. The van der Waals surface area contributed by atoms with Gasteiger partial charge in [-0.05, 0) is 44.7 Å². The van der Waals surface area contributed by atoms with E-state index in [0.29, 0.717) is 43.3 Å². The SMILES string of the molecule is CCS(=O)(=O)N1CCC[C@@H](c2nc(C)c3c(n2)N(CCc2ccccc2F)C(=O)C3)C1. The third-order valence-corrected chi connectivity index (χ3v) is 8.01. The predicted octanol–water partition coefficient (Wildman–Crippen LogP) is 2.59. The molecular weight excluding hydrogens is 419 g/mol. The smallest absolute Gasteiger partial charge is 0.232 e. The lowest BCUT2D eigenvalue weighted by molar-refractivity contribution is -0.117. The highest BCUT2D eigenvalue weighted by atomic mass is 32.2. The molecule has 0 aliphatic carbocycles. The lowest BCUT2D eigenvalue weighted by Crippen LogP contribution is -2.40. The first-order valence-electron chi connectivity index (χ1n) is 10.7. The molecule has 1 aromatic carbocycles. The standard InChI is InChI=1S/C22H27FN4O3S/c1-3-31(29,30)26-11-6-8-17(14-26)21-24-15(2)18-13-20(28)27(22(18)25-21)12-10-16-7-4-5-9-19(16)23/h4-5,7,9,17H,3,6,8,10-14H2,1-2H3/t17-/m1/s1. The Morgan fingerprint density at radius 2 is 2.00 bits per heavy atom. The second-order valence-electron chi connectivity index (χ2n) is 8.13. The molecule has 0 saturated carbocycles. The molecule has 0 unspecified atom stereocenters. The number of halogens is 1. The van der Waals surface area contributed by atoms with Crippen LogP contribution in [0.15, 0.2) is 24.3 Å². The first-order valence-corrected chi connectivity index (χ1v) is 12.3. The lowest BCUT2D eigenvalue weighted by Gasteiger charge is -2.31. The molecule has 2 aromatic rings. The monoisotopic (exact) mass is 446 g/mol. The number of carbonyl (C=O) groups excluding carboxylic acids is 1. The van der Waals surface area contributed by atoms with Gasteiger partial charge < -0.3 is 0 Å². The largest absolute Gasteiger partial charge is 0.296 e.